The minimum Gasteiger partial charge on any atom is -0.375 e. The number of rotatable bonds is 3. The molecule has 3 N–H and O–H groups in total. The quantitative estimate of drug-likeness (QED) is 0.760. The number of nitrogens with two attached hydrogens (primary N) is 1. The number of thiazole rings is 1. The van der Waals surface area contributed by atoms with Crippen molar-refractivity contribution in [3.63, 3.8) is 0 Å². The molecule has 1 unspecified atom stereocenters. The van der Waals surface area contributed by atoms with Gasteiger partial charge >= 0.3 is 0 Å². The number of hydrogen-bond acceptors (Lipinski definition) is 4. The van der Waals surface area contributed by atoms with Gasteiger partial charge in [-0.05, 0) is 30.5 Å². The number of nitrogen functional groups attached to an aromatic ring is 1. The van der Waals surface area contributed by atoms with Gasteiger partial charge in [-0.2, -0.15) is 0 Å². The van der Waals surface area contributed by atoms with Crippen LogP contribution in [-0.4, -0.2) is 10.9 Å². The average molecular weight is 349 g/mol. The van der Waals surface area contributed by atoms with Crippen LogP contribution in [0.1, 0.15) is 32.9 Å². The highest BCUT2D eigenvalue weighted by Crippen LogP contribution is 2.39. The fourth-order valence-corrected chi connectivity index (χ4v) is 4.48. The molecule has 0 aliphatic heterocycles. The first-order chi connectivity index (χ1) is 12.2. The van der Waals surface area contributed by atoms with Gasteiger partial charge < -0.3 is 11.1 Å². The molecule has 4 nitrogen and oxygen atoms in total. The lowest BCUT2D eigenvalue weighted by atomic mass is 9.77. The second kappa shape index (κ2) is 6.33. The maximum atomic E-state index is 12.9. The van der Waals surface area contributed by atoms with Crippen LogP contribution in [0.3, 0.4) is 0 Å². The first kappa shape index (κ1) is 15.8. The van der Waals surface area contributed by atoms with E-state index in [2.05, 4.69) is 22.4 Å². The number of fused-ring (bicyclic) bond motifs is 1. The third-order valence-electron chi connectivity index (χ3n) is 4.76. The van der Waals surface area contributed by atoms with Crippen molar-refractivity contribution >= 4 is 22.4 Å². The van der Waals surface area contributed by atoms with E-state index in [1.54, 1.807) is 0 Å². The van der Waals surface area contributed by atoms with Crippen LogP contribution in [-0.2, 0) is 18.4 Å². The lowest BCUT2D eigenvalue weighted by Crippen LogP contribution is -2.49. The van der Waals surface area contributed by atoms with Crippen molar-refractivity contribution < 1.29 is 4.79 Å². The summed E-state index contributed by atoms with van der Waals surface area (Å²) in [5.41, 5.74) is 8.34. The Bertz CT molecular complexity index is 892. The number of nitrogens with zero attached hydrogens (tertiary/aromatic N) is 1. The van der Waals surface area contributed by atoms with Gasteiger partial charge in [-0.1, -0.05) is 48.5 Å². The molecule has 1 aromatic heterocycles. The topological polar surface area (TPSA) is 68.0 Å². The predicted octanol–water partition coefficient (Wildman–Crippen LogP) is 3.54. The molecule has 25 heavy (non-hydrogen) atoms. The molecule has 4 rings (SSSR count). The number of aryl methyl sites for hydroxylation is 1. The van der Waals surface area contributed by atoms with E-state index >= 15 is 0 Å². The number of carbonyl (C=O) groups is 1. The molecular formula is C20H19N3OS. The van der Waals surface area contributed by atoms with Crippen LogP contribution in [0.25, 0.3) is 0 Å². The molecule has 3 aromatic rings. The van der Waals surface area contributed by atoms with Crippen LogP contribution in [0.15, 0.2) is 60.7 Å². The Kier molecular flexibility index (Phi) is 4.01. The van der Waals surface area contributed by atoms with Crippen LogP contribution >= 0.6 is 11.3 Å². The van der Waals surface area contributed by atoms with E-state index in [0.717, 1.165) is 30.5 Å². The minimum atomic E-state index is -0.430. The number of carbonyl (C=O) groups excluding carboxylic acids is 1. The van der Waals surface area contributed by atoms with Crippen LogP contribution in [0.4, 0.5) is 5.13 Å². The number of nitrogens with one attached hydrogen (secondary N) is 1. The fraction of sp³-hybridized carbons (Fsp3) is 0.200. The molecule has 2 aromatic carbocycles. The van der Waals surface area contributed by atoms with E-state index in [-0.39, 0.29) is 5.91 Å². The Morgan fingerprint density at radius 2 is 1.76 bits per heavy atom. The van der Waals surface area contributed by atoms with Crippen LogP contribution < -0.4 is 11.1 Å². The summed E-state index contributed by atoms with van der Waals surface area (Å²) in [6.45, 7) is 0. The van der Waals surface area contributed by atoms with Gasteiger partial charge in [-0.15, -0.1) is 11.3 Å². The summed E-state index contributed by atoms with van der Waals surface area (Å²) in [5.74, 6) is -0.0506. The average Bonchev–Trinajstić information content (AvgIpc) is 3.02. The highest BCUT2D eigenvalue weighted by Gasteiger charge is 2.39. The molecule has 1 amide bonds. The van der Waals surface area contributed by atoms with Crippen LogP contribution in [0.5, 0.6) is 0 Å². The number of benzene rings is 2. The Morgan fingerprint density at radius 1 is 1.08 bits per heavy atom. The molecule has 0 saturated carbocycles. The summed E-state index contributed by atoms with van der Waals surface area (Å²) in [4.78, 5) is 18.5. The highest BCUT2D eigenvalue weighted by molar-refractivity contribution is 7.15. The third-order valence-corrected chi connectivity index (χ3v) is 5.69. The van der Waals surface area contributed by atoms with Gasteiger partial charge in [0, 0.05) is 16.9 Å². The number of aromatic nitrogens is 1. The number of anilines is 1. The predicted molar refractivity (Wildman–Crippen MR) is 101 cm³/mol. The molecule has 1 aliphatic rings. The zero-order valence-electron chi connectivity index (χ0n) is 13.7. The largest absolute Gasteiger partial charge is 0.375 e. The van der Waals surface area contributed by atoms with E-state index < -0.39 is 5.54 Å². The molecule has 1 heterocycles. The fourth-order valence-electron chi connectivity index (χ4n) is 3.49. The van der Waals surface area contributed by atoms with Crippen molar-refractivity contribution in [3.8, 4) is 0 Å². The summed E-state index contributed by atoms with van der Waals surface area (Å²) in [6, 6.07) is 19.6. The second-order valence-electron chi connectivity index (χ2n) is 6.37. The highest BCUT2D eigenvalue weighted by atomic mass is 32.1. The normalized spacial score (nSPS) is 19.2. The Labute approximate surface area is 150 Å². The molecule has 0 radical (unpaired) electrons. The second-order valence-corrected chi connectivity index (χ2v) is 7.48. The molecule has 5 heteroatoms. The molecule has 0 spiro atoms. The summed E-state index contributed by atoms with van der Waals surface area (Å²) >= 11 is 1.53. The number of hydrogen-bond donors (Lipinski definition) is 2. The Hall–Kier alpha value is -2.66. The van der Waals surface area contributed by atoms with E-state index in [1.807, 2.05) is 48.5 Å². The van der Waals surface area contributed by atoms with Crippen molar-refractivity contribution in [2.75, 3.05) is 5.73 Å². The molecule has 0 bridgehead atoms. The van der Waals surface area contributed by atoms with Gasteiger partial charge in [-0.25, -0.2) is 4.98 Å². The summed E-state index contributed by atoms with van der Waals surface area (Å²) < 4.78 is 0. The van der Waals surface area contributed by atoms with Gasteiger partial charge in [0.05, 0.1) is 11.2 Å². The van der Waals surface area contributed by atoms with Crippen molar-refractivity contribution in [1.82, 2.24) is 10.3 Å². The lowest BCUT2D eigenvalue weighted by molar-refractivity contribution is 0.0886. The van der Waals surface area contributed by atoms with E-state index in [4.69, 9.17) is 5.73 Å². The van der Waals surface area contributed by atoms with Gasteiger partial charge in [0.15, 0.2) is 5.13 Å². The van der Waals surface area contributed by atoms with Crippen LogP contribution in [0.2, 0.25) is 0 Å². The smallest absolute Gasteiger partial charge is 0.251 e. The summed E-state index contributed by atoms with van der Waals surface area (Å²) in [7, 11) is 0. The molecule has 0 fully saturated rings. The van der Waals surface area contributed by atoms with Crippen LogP contribution in [0, 0.1) is 0 Å². The van der Waals surface area contributed by atoms with E-state index in [0.29, 0.717) is 10.7 Å². The van der Waals surface area contributed by atoms with Gasteiger partial charge in [-0.3, -0.25) is 4.79 Å². The molecular weight excluding hydrogens is 330 g/mol. The van der Waals surface area contributed by atoms with Gasteiger partial charge in [0.25, 0.3) is 5.91 Å². The minimum absolute atomic E-state index is 0.0506. The first-order valence-corrected chi connectivity index (χ1v) is 9.15. The Balaban J connectivity index is 1.72. The van der Waals surface area contributed by atoms with Crippen molar-refractivity contribution in [1.29, 1.82) is 0 Å². The molecule has 1 aliphatic carbocycles. The van der Waals surface area contributed by atoms with Crippen molar-refractivity contribution in [2.45, 2.75) is 24.8 Å². The monoisotopic (exact) mass is 349 g/mol. The summed E-state index contributed by atoms with van der Waals surface area (Å²) in [6.07, 6.45) is 2.35. The molecule has 126 valence electrons. The van der Waals surface area contributed by atoms with Crippen molar-refractivity contribution in [2.24, 2.45) is 0 Å². The summed E-state index contributed by atoms with van der Waals surface area (Å²) in [5, 5.41) is 3.91. The van der Waals surface area contributed by atoms with E-state index in [9.17, 15) is 4.79 Å². The van der Waals surface area contributed by atoms with Gasteiger partial charge in [0.1, 0.15) is 0 Å². The maximum Gasteiger partial charge on any atom is 0.251 e. The SMILES string of the molecule is Nc1nc2c(s1)CC(NC(=O)c1ccccc1)(c1ccccc1)CC2. The molecule has 1 atom stereocenters. The Morgan fingerprint density at radius 3 is 2.48 bits per heavy atom. The maximum absolute atomic E-state index is 12.9. The zero-order chi connectivity index (χ0) is 17.3. The standard InChI is InChI=1S/C20H19N3OS/c21-19-22-16-11-12-20(13-17(16)25-19,15-9-5-2-6-10-15)23-18(24)14-7-3-1-4-8-14/h1-10H,11-13H2,(H2,21,22)(H,23,24). The zero-order valence-corrected chi connectivity index (χ0v) is 14.6. The lowest BCUT2D eigenvalue weighted by Gasteiger charge is -2.38. The van der Waals surface area contributed by atoms with Gasteiger partial charge in [0.2, 0.25) is 0 Å². The van der Waals surface area contributed by atoms with E-state index in [1.165, 1.54) is 16.2 Å². The number of amides is 1. The molecule has 0 saturated heterocycles. The van der Waals surface area contributed by atoms with Crippen molar-refractivity contribution in [3.05, 3.63) is 82.4 Å². The first-order valence-electron chi connectivity index (χ1n) is 8.33. The third kappa shape index (κ3) is 3.03.